The number of amides is 3. The molecule has 9 nitrogen and oxygen atoms in total. The lowest BCUT2D eigenvalue weighted by Crippen LogP contribution is -2.42. The molecule has 0 fully saturated rings. The van der Waals surface area contributed by atoms with Gasteiger partial charge in [0.25, 0.3) is 0 Å². The average molecular weight is 505 g/mol. The number of likely N-dealkylation sites (N-methyl/N-ethyl adjacent to an activating group) is 3. The zero-order valence-corrected chi connectivity index (χ0v) is 23.7. The molecule has 204 valence electrons. The van der Waals surface area contributed by atoms with Crippen LogP contribution in [0, 0.1) is 0 Å². The molecule has 0 aliphatic heterocycles. The zero-order valence-electron chi connectivity index (χ0n) is 23.7. The van der Waals surface area contributed by atoms with Gasteiger partial charge in [-0.2, -0.15) is 0 Å². The van der Waals surface area contributed by atoms with Crippen molar-refractivity contribution in [3.8, 4) is 0 Å². The molecule has 0 saturated heterocycles. The summed E-state index contributed by atoms with van der Waals surface area (Å²) in [5.74, 6) is -0.170. The predicted octanol–water partition coefficient (Wildman–Crippen LogP) is 1.05. The third-order valence-electron chi connectivity index (χ3n) is 6.92. The Bertz CT molecular complexity index is 767. The maximum atomic E-state index is 12.1. The first-order valence-corrected chi connectivity index (χ1v) is 13.1. The summed E-state index contributed by atoms with van der Waals surface area (Å²) in [4.78, 5) is 36.4. The lowest BCUT2D eigenvalue weighted by atomic mass is 9.83. The van der Waals surface area contributed by atoms with Gasteiger partial charge in [-0.15, -0.1) is 0 Å². The van der Waals surface area contributed by atoms with Crippen molar-refractivity contribution >= 4 is 17.7 Å². The van der Waals surface area contributed by atoms with Crippen LogP contribution in [-0.4, -0.2) is 57.0 Å². The van der Waals surface area contributed by atoms with Crippen LogP contribution < -0.4 is 31.9 Å². The minimum absolute atomic E-state index is 0.0566. The third kappa shape index (κ3) is 8.01. The molecule has 0 aliphatic rings. The molecule has 3 atom stereocenters. The summed E-state index contributed by atoms with van der Waals surface area (Å²) < 4.78 is 0. The zero-order chi connectivity index (χ0) is 27.4. The summed E-state index contributed by atoms with van der Waals surface area (Å²) in [5, 5.41) is 18.3. The number of carbonyl (C=O) groups excluding carboxylic acids is 3. The molecule has 9 heteroatoms. The van der Waals surface area contributed by atoms with Crippen molar-refractivity contribution in [3.05, 3.63) is 33.4 Å². The number of hydrogen-bond acceptors (Lipinski definition) is 6. The second kappa shape index (κ2) is 15.6. The van der Waals surface area contributed by atoms with E-state index in [-0.39, 0.29) is 35.8 Å². The highest BCUT2D eigenvalue weighted by Gasteiger charge is 2.24. The molecule has 1 aromatic carbocycles. The Morgan fingerprint density at radius 3 is 0.889 bits per heavy atom. The van der Waals surface area contributed by atoms with Gasteiger partial charge in [0.05, 0.1) is 18.1 Å². The maximum absolute atomic E-state index is 12.1. The molecule has 0 aliphatic carbocycles. The average Bonchev–Trinajstić information content (AvgIpc) is 2.90. The summed E-state index contributed by atoms with van der Waals surface area (Å²) in [6, 6.07) is -1.00. The van der Waals surface area contributed by atoms with Gasteiger partial charge in [0.2, 0.25) is 17.7 Å². The van der Waals surface area contributed by atoms with Gasteiger partial charge in [0, 0.05) is 40.8 Å². The van der Waals surface area contributed by atoms with Crippen molar-refractivity contribution in [3.63, 3.8) is 0 Å². The lowest BCUT2D eigenvalue weighted by molar-refractivity contribution is -0.123. The fraction of sp³-hybridized carbons (Fsp3) is 0.667. The predicted molar refractivity (Wildman–Crippen MR) is 146 cm³/mol. The Kier molecular flexibility index (Phi) is 13.7. The Labute approximate surface area is 217 Å². The van der Waals surface area contributed by atoms with Gasteiger partial charge in [-0.1, -0.05) is 20.8 Å². The standard InChI is InChI=1S/C27H48N6O3/c1-10-19-22(13-31-16(4)25(34)28-7)20(11-2)24(15-33-18(6)27(36)30-9)21(12-3)23(19)14-32-17(5)26(35)29-8/h16-18,31-33H,10-15H2,1-9H3,(H,28,34)(H,29,35)(H,30,36)/t16-,17-,18-/m0/s1. The van der Waals surface area contributed by atoms with Gasteiger partial charge in [-0.25, -0.2) is 0 Å². The number of hydrogen-bond donors (Lipinski definition) is 6. The molecule has 0 radical (unpaired) electrons. The Morgan fingerprint density at radius 2 is 0.722 bits per heavy atom. The van der Waals surface area contributed by atoms with Gasteiger partial charge < -0.3 is 31.9 Å². The quantitative estimate of drug-likeness (QED) is 0.212. The van der Waals surface area contributed by atoms with Crippen LogP contribution in [0.25, 0.3) is 0 Å². The van der Waals surface area contributed by atoms with Crippen LogP contribution in [0.15, 0.2) is 0 Å². The van der Waals surface area contributed by atoms with E-state index in [4.69, 9.17) is 0 Å². The molecule has 0 spiro atoms. The minimum atomic E-state index is -0.333. The molecule has 0 unspecified atom stereocenters. The molecule has 36 heavy (non-hydrogen) atoms. The van der Waals surface area contributed by atoms with E-state index < -0.39 is 0 Å². The van der Waals surface area contributed by atoms with Gasteiger partial charge in [-0.05, 0) is 73.4 Å². The number of nitrogens with one attached hydrogen (secondary N) is 6. The van der Waals surface area contributed by atoms with Crippen LogP contribution in [0.2, 0.25) is 0 Å². The fourth-order valence-electron chi connectivity index (χ4n) is 4.71. The second-order valence-corrected chi connectivity index (χ2v) is 9.08. The molecular formula is C27H48N6O3. The number of carbonyl (C=O) groups is 3. The summed E-state index contributed by atoms with van der Waals surface area (Å²) in [6.07, 6.45) is 2.50. The highest BCUT2D eigenvalue weighted by atomic mass is 16.2. The maximum Gasteiger partial charge on any atom is 0.236 e. The van der Waals surface area contributed by atoms with Gasteiger partial charge in [0.1, 0.15) is 0 Å². The summed E-state index contributed by atoms with van der Waals surface area (Å²) in [5.41, 5.74) is 7.34. The van der Waals surface area contributed by atoms with E-state index in [0.29, 0.717) is 19.6 Å². The van der Waals surface area contributed by atoms with Crippen molar-refractivity contribution in [2.45, 2.75) is 98.6 Å². The first-order chi connectivity index (χ1) is 17.1. The van der Waals surface area contributed by atoms with Crippen LogP contribution in [0.1, 0.15) is 74.9 Å². The van der Waals surface area contributed by atoms with E-state index >= 15 is 0 Å². The van der Waals surface area contributed by atoms with Gasteiger partial charge >= 0.3 is 0 Å². The van der Waals surface area contributed by atoms with Crippen LogP contribution >= 0.6 is 0 Å². The number of benzene rings is 1. The molecule has 1 aromatic rings. The van der Waals surface area contributed by atoms with Crippen molar-refractivity contribution in [2.75, 3.05) is 21.1 Å². The van der Waals surface area contributed by atoms with E-state index in [0.717, 1.165) is 19.3 Å². The van der Waals surface area contributed by atoms with E-state index in [1.807, 2.05) is 20.8 Å². The highest BCUT2D eigenvalue weighted by Crippen LogP contribution is 2.31. The first-order valence-electron chi connectivity index (χ1n) is 13.1. The number of rotatable bonds is 15. The van der Waals surface area contributed by atoms with Gasteiger partial charge in [-0.3, -0.25) is 14.4 Å². The van der Waals surface area contributed by atoms with E-state index in [9.17, 15) is 14.4 Å². The molecule has 0 bridgehead atoms. The minimum Gasteiger partial charge on any atom is -0.358 e. The SMILES string of the molecule is CCc1c(CN[C@@H](C)C(=O)NC)c(CC)c(CN[C@@H](C)C(=O)NC)c(CC)c1CN[C@@H](C)C(=O)NC. The molecule has 3 amide bonds. The van der Waals surface area contributed by atoms with Crippen molar-refractivity contribution in [1.82, 2.24) is 31.9 Å². The summed E-state index contributed by atoms with van der Waals surface area (Å²) >= 11 is 0. The molecule has 0 aromatic heterocycles. The first kappa shape index (κ1) is 31.5. The van der Waals surface area contributed by atoms with Gasteiger partial charge in [0.15, 0.2) is 0 Å². The smallest absolute Gasteiger partial charge is 0.236 e. The van der Waals surface area contributed by atoms with Crippen LogP contribution in [0.4, 0.5) is 0 Å². The van der Waals surface area contributed by atoms with Crippen LogP contribution in [-0.2, 0) is 53.3 Å². The lowest BCUT2D eigenvalue weighted by Gasteiger charge is -2.28. The van der Waals surface area contributed by atoms with Crippen molar-refractivity contribution < 1.29 is 14.4 Å². The highest BCUT2D eigenvalue weighted by molar-refractivity contribution is 5.81. The normalized spacial score (nSPS) is 13.6. The monoisotopic (exact) mass is 504 g/mol. The molecule has 0 heterocycles. The molecule has 6 N–H and O–H groups in total. The molecule has 0 saturated carbocycles. The Balaban J connectivity index is 3.63. The summed E-state index contributed by atoms with van der Waals surface area (Å²) in [7, 11) is 4.92. The second-order valence-electron chi connectivity index (χ2n) is 9.08. The van der Waals surface area contributed by atoms with E-state index in [1.165, 1.54) is 33.4 Å². The fourth-order valence-corrected chi connectivity index (χ4v) is 4.71. The Morgan fingerprint density at radius 1 is 0.500 bits per heavy atom. The van der Waals surface area contributed by atoms with E-state index in [1.54, 1.807) is 21.1 Å². The third-order valence-corrected chi connectivity index (χ3v) is 6.92. The summed E-state index contributed by atoms with van der Waals surface area (Å²) in [6.45, 7) is 13.7. The van der Waals surface area contributed by atoms with Crippen LogP contribution in [0.3, 0.4) is 0 Å². The van der Waals surface area contributed by atoms with Crippen LogP contribution in [0.5, 0.6) is 0 Å². The van der Waals surface area contributed by atoms with Crippen molar-refractivity contribution in [1.29, 1.82) is 0 Å². The van der Waals surface area contributed by atoms with Crippen molar-refractivity contribution in [2.24, 2.45) is 0 Å². The van der Waals surface area contributed by atoms with E-state index in [2.05, 4.69) is 52.7 Å². The molecular weight excluding hydrogens is 456 g/mol. The molecule has 1 rings (SSSR count). The Hall–Kier alpha value is -2.49. The topological polar surface area (TPSA) is 123 Å². The largest absolute Gasteiger partial charge is 0.358 e.